The second-order valence-electron chi connectivity index (χ2n) is 8.97. The van der Waals surface area contributed by atoms with Crippen molar-refractivity contribution in [1.82, 2.24) is 9.55 Å². The fourth-order valence-corrected chi connectivity index (χ4v) is 3.76. The molecule has 7 heteroatoms. The Hall–Kier alpha value is -3.45. The maximum absolute atomic E-state index is 12.0. The van der Waals surface area contributed by atoms with Crippen molar-refractivity contribution in [3.8, 4) is 0 Å². The molecule has 1 aliphatic heterocycles. The molecule has 7 nitrogen and oxygen atoms in total. The van der Waals surface area contributed by atoms with Crippen molar-refractivity contribution < 1.29 is 14.3 Å². The number of esters is 1. The molecule has 0 aromatic carbocycles. The van der Waals surface area contributed by atoms with Gasteiger partial charge in [0.25, 0.3) is 0 Å². The number of ether oxygens (including phenoxy) is 2. The van der Waals surface area contributed by atoms with Crippen LogP contribution >= 0.6 is 0 Å². The molecular weight excluding hydrogens is 478 g/mol. The SMILES string of the molecule is CC/C=C\C/C=C\C/C=C\C/C=C\C/C=C\C/C=C\CCC(=O)OC[C@@H]1CC[C@H](n2ccc(N)nc2=O)O1. The number of rotatable bonds is 17. The number of anilines is 1. The molecular formula is C31H43N3O4. The van der Waals surface area contributed by atoms with Crippen LogP contribution in [0.25, 0.3) is 0 Å². The van der Waals surface area contributed by atoms with Crippen LogP contribution in [0, 0.1) is 0 Å². The zero-order chi connectivity index (χ0) is 27.3. The minimum atomic E-state index is -0.441. The van der Waals surface area contributed by atoms with E-state index in [9.17, 15) is 9.59 Å². The summed E-state index contributed by atoms with van der Waals surface area (Å²) in [4.78, 5) is 27.7. The Kier molecular flexibility index (Phi) is 15.9. The van der Waals surface area contributed by atoms with Crippen molar-refractivity contribution in [2.24, 2.45) is 0 Å². The minimum Gasteiger partial charge on any atom is -0.463 e. The van der Waals surface area contributed by atoms with E-state index < -0.39 is 11.9 Å². The molecule has 206 valence electrons. The number of nitrogen functional groups attached to an aromatic ring is 1. The lowest BCUT2D eigenvalue weighted by molar-refractivity contribution is -0.148. The molecule has 1 aromatic rings. The standard InChI is InChI=1S/C31H43N3O4/c1-2-3-4-5-6-7-8-9-10-11-12-13-14-15-16-17-18-19-20-21-30(35)37-26-27-22-23-29(38-27)34-25-24-28(32)33-31(34)36/h3-4,6-7,9-10,12-13,15-16,18-19,24-25,27,29H,2,5,8,11,14,17,20-23,26H2,1H3,(H2,32,33,36)/b4-3-,7-6-,10-9-,13-12-,16-15-,19-18-/t27-,29+/m0/s1. The normalized spacial score (nSPS) is 18.4. The first-order chi connectivity index (χ1) is 18.6. The van der Waals surface area contributed by atoms with Gasteiger partial charge in [-0.25, -0.2) is 4.79 Å². The lowest BCUT2D eigenvalue weighted by Crippen LogP contribution is -2.28. The highest BCUT2D eigenvalue weighted by Gasteiger charge is 2.28. The molecule has 0 saturated carbocycles. The monoisotopic (exact) mass is 521 g/mol. The molecule has 2 N–H and O–H groups in total. The highest BCUT2D eigenvalue weighted by atomic mass is 16.6. The van der Waals surface area contributed by atoms with E-state index in [1.54, 1.807) is 12.3 Å². The predicted molar refractivity (Wildman–Crippen MR) is 154 cm³/mol. The Balaban J connectivity index is 1.46. The fraction of sp³-hybridized carbons (Fsp3) is 0.452. The molecule has 1 aliphatic rings. The summed E-state index contributed by atoms with van der Waals surface area (Å²) in [6.07, 6.45) is 35.0. The largest absolute Gasteiger partial charge is 0.463 e. The molecule has 1 aromatic heterocycles. The van der Waals surface area contributed by atoms with Gasteiger partial charge in [0.1, 0.15) is 18.7 Å². The zero-order valence-electron chi connectivity index (χ0n) is 22.6. The molecule has 0 spiro atoms. The molecule has 0 radical (unpaired) electrons. The third-order valence-corrected chi connectivity index (χ3v) is 5.79. The van der Waals surface area contributed by atoms with Gasteiger partial charge in [-0.15, -0.1) is 0 Å². The van der Waals surface area contributed by atoms with Gasteiger partial charge in [0, 0.05) is 12.6 Å². The zero-order valence-corrected chi connectivity index (χ0v) is 22.6. The molecule has 0 unspecified atom stereocenters. The number of nitrogens with two attached hydrogens (primary N) is 1. The van der Waals surface area contributed by atoms with Crippen LogP contribution in [0.1, 0.15) is 77.4 Å². The topological polar surface area (TPSA) is 96.4 Å². The molecule has 2 rings (SSSR count). The summed E-state index contributed by atoms with van der Waals surface area (Å²) in [6.45, 7) is 2.34. The van der Waals surface area contributed by atoms with Gasteiger partial charge in [-0.2, -0.15) is 4.98 Å². The van der Waals surface area contributed by atoms with Crippen molar-refractivity contribution in [3.63, 3.8) is 0 Å². The quantitative estimate of drug-likeness (QED) is 0.185. The first kappa shape index (κ1) is 30.8. The van der Waals surface area contributed by atoms with E-state index in [-0.39, 0.29) is 24.5 Å². The number of allylic oxidation sites excluding steroid dienone is 12. The molecule has 0 bridgehead atoms. The number of hydrogen-bond donors (Lipinski definition) is 1. The van der Waals surface area contributed by atoms with E-state index in [0.717, 1.165) is 38.5 Å². The van der Waals surface area contributed by atoms with Crippen molar-refractivity contribution >= 4 is 11.8 Å². The average molecular weight is 522 g/mol. The predicted octanol–water partition coefficient (Wildman–Crippen LogP) is 6.52. The molecule has 38 heavy (non-hydrogen) atoms. The number of aromatic nitrogens is 2. The van der Waals surface area contributed by atoms with Crippen LogP contribution in [0.15, 0.2) is 90.0 Å². The van der Waals surface area contributed by atoms with Gasteiger partial charge in [0.2, 0.25) is 0 Å². The van der Waals surface area contributed by atoms with Crippen molar-refractivity contribution in [3.05, 3.63) is 95.7 Å². The summed E-state index contributed by atoms with van der Waals surface area (Å²) in [5.41, 5.74) is 5.08. The first-order valence-electron chi connectivity index (χ1n) is 13.7. The Bertz CT molecular complexity index is 1050. The summed E-state index contributed by atoms with van der Waals surface area (Å²) in [5, 5.41) is 0. The highest BCUT2D eigenvalue weighted by molar-refractivity contribution is 5.69. The summed E-state index contributed by atoms with van der Waals surface area (Å²) in [5.74, 6) is -0.0652. The molecule has 1 saturated heterocycles. The summed E-state index contributed by atoms with van der Waals surface area (Å²) in [6, 6.07) is 1.56. The highest BCUT2D eigenvalue weighted by Crippen LogP contribution is 2.27. The van der Waals surface area contributed by atoms with Crippen molar-refractivity contribution in [1.29, 1.82) is 0 Å². The Labute approximate surface area is 227 Å². The second kappa shape index (κ2) is 19.6. The third-order valence-electron chi connectivity index (χ3n) is 5.79. The number of hydrogen-bond acceptors (Lipinski definition) is 6. The smallest absolute Gasteiger partial charge is 0.351 e. The third kappa shape index (κ3) is 13.7. The molecule has 0 aliphatic carbocycles. The summed E-state index contributed by atoms with van der Waals surface area (Å²) < 4.78 is 12.6. The fourth-order valence-electron chi connectivity index (χ4n) is 3.76. The van der Waals surface area contributed by atoms with Crippen LogP contribution in [-0.4, -0.2) is 28.2 Å². The van der Waals surface area contributed by atoms with Gasteiger partial charge in [-0.1, -0.05) is 79.8 Å². The average Bonchev–Trinajstić information content (AvgIpc) is 3.37. The van der Waals surface area contributed by atoms with Crippen LogP contribution < -0.4 is 11.4 Å². The Morgan fingerprint density at radius 3 is 2.05 bits per heavy atom. The summed E-state index contributed by atoms with van der Waals surface area (Å²) >= 11 is 0. The van der Waals surface area contributed by atoms with Crippen LogP contribution in [0.5, 0.6) is 0 Å². The van der Waals surface area contributed by atoms with Crippen molar-refractivity contribution in [2.75, 3.05) is 12.3 Å². The minimum absolute atomic E-state index is 0.182. The number of nitrogens with zero attached hydrogens (tertiary/aromatic N) is 2. The van der Waals surface area contributed by atoms with Gasteiger partial charge < -0.3 is 15.2 Å². The number of carbonyl (C=O) groups excluding carboxylic acids is 1. The van der Waals surface area contributed by atoms with Crippen LogP contribution in [-0.2, 0) is 14.3 Å². The molecule has 1 fully saturated rings. The maximum atomic E-state index is 12.0. The van der Waals surface area contributed by atoms with E-state index in [2.05, 4.69) is 78.7 Å². The van der Waals surface area contributed by atoms with Gasteiger partial charge in [-0.3, -0.25) is 9.36 Å². The Morgan fingerprint density at radius 2 is 1.50 bits per heavy atom. The lowest BCUT2D eigenvalue weighted by Gasteiger charge is -2.15. The van der Waals surface area contributed by atoms with Crippen molar-refractivity contribution in [2.45, 2.75) is 83.5 Å². The Morgan fingerprint density at radius 1 is 0.947 bits per heavy atom. The van der Waals surface area contributed by atoms with Gasteiger partial charge >= 0.3 is 11.7 Å². The maximum Gasteiger partial charge on any atom is 0.351 e. The van der Waals surface area contributed by atoms with Crippen LogP contribution in [0.2, 0.25) is 0 Å². The molecule has 0 amide bonds. The molecule has 2 heterocycles. The lowest BCUT2D eigenvalue weighted by atomic mass is 10.2. The van der Waals surface area contributed by atoms with Gasteiger partial charge in [0.15, 0.2) is 0 Å². The second-order valence-corrected chi connectivity index (χ2v) is 8.97. The van der Waals surface area contributed by atoms with E-state index in [1.165, 1.54) is 4.57 Å². The van der Waals surface area contributed by atoms with E-state index in [1.807, 2.05) is 6.08 Å². The summed E-state index contributed by atoms with van der Waals surface area (Å²) in [7, 11) is 0. The number of carbonyl (C=O) groups is 1. The first-order valence-corrected chi connectivity index (χ1v) is 13.7. The van der Waals surface area contributed by atoms with E-state index >= 15 is 0 Å². The van der Waals surface area contributed by atoms with Crippen LogP contribution in [0.3, 0.4) is 0 Å². The van der Waals surface area contributed by atoms with E-state index in [0.29, 0.717) is 25.7 Å². The van der Waals surface area contributed by atoms with Gasteiger partial charge in [-0.05, 0) is 63.9 Å². The molecule has 2 atom stereocenters. The van der Waals surface area contributed by atoms with Crippen LogP contribution in [0.4, 0.5) is 5.82 Å². The van der Waals surface area contributed by atoms with Gasteiger partial charge in [0.05, 0.1) is 6.10 Å². The van der Waals surface area contributed by atoms with E-state index in [4.69, 9.17) is 15.2 Å².